The molecular formula is C14H19ClN4. The molecule has 2 heterocycles. The number of anilines is 1. The van der Waals surface area contributed by atoms with Gasteiger partial charge < -0.3 is 4.90 Å². The summed E-state index contributed by atoms with van der Waals surface area (Å²) in [6.07, 6.45) is 0. The maximum absolute atomic E-state index is 8.96. The van der Waals surface area contributed by atoms with Crippen LogP contribution in [0.5, 0.6) is 0 Å². The second kappa shape index (κ2) is 6.23. The van der Waals surface area contributed by atoms with Gasteiger partial charge in [-0.05, 0) is 18.1 Å². The maximum Gasteiger partial charge on any atom is 0.132 e. The molecule has 1 saturated heterocycles. The van der Waals surface area contributed by atoms with Crippen molar-refractivity contribution in [2.24, 2.45) is 5.92 Å². The highest BCUT2D eigenvalue weighted by atomic mass is 35.5. The molecule has 1 aromatic rings. The minimum absolute atomic E-state index is 0.388. The molecule has 0 amide bonds. The molecule has 0 spiro atoms. The van der Waals surface area contributed by atoms with Crippen LogP contribution in [0, 0.1) is 17.2 Å². The topological polar surface area (TPSA) is 43.2 Å². The molecule has 1 aromatic heterocycles. The first-order valence-electron chi connectivity index (χ1n) is 6.63. The lowest BCUT2D eigenvalue weighted by Crippen LogP contribution is -2.47. The molecule has 2 rings (SSSR count). The van der Waals surface area contributed by atoms with Gasteiger partial charge in [0, 0.05) is 32.7 Å². The fourth-order valence-corrected chi connectivity index (χ4v) is 2.59. The second-order valence-electron chi connectivity index (χ2n) is 5.33. The molecule has 0 aromatic carbocycles. The van der Waals surface area contributed by atoms with Crippen LogP contribution in [-0.2, 0) is 0 Å². The Kier molecular flexibility index (Phi) is 4.62. The molecule has 102 valence electrons. The van der Waals surface area contributed by atoms with Gasteiger partial charge in [-0.3, -0.25) is 4.90 Å². The van der Waals surface area contributed by atoms with Gasteiger partial charge >= 0.3 is 0 Å². The lowest BCUT2D eigenvalue weighted by atomic mass is 10.2. The number of pyridine rings is 1. The van der Waals surface area contributed by atoms with Gasteiger partial charge in [0.2, 0.25) is 0 Å². The monoisotopic (exact) mass is 278 g/mol. The summed E-state index contributed by atoms with van der Waals surface area (Å²) < 4.78 is 0. The summed E-state index contributed by atoms with van der Waals surface area (Å²) in [7, 11) is 0. The average Bonchev–Trinajstić information content (AvgIpc) is 2.38. The van der Waals surface area contributed by atoms with Crippen molar-refractivity contribution in [3.63, 3.8) is 0 Å². The number of hydrogen-bond donors (Lipinski definition) is 0. The van der Waals surface area contributed by atoms with E-state index in [2.05, 4.69) is 34.7 Å². The van der Waals surface area contributed by atoms with Crippen molar-refractivity contribution in [1.82, 2.24) is 9.88 Å². The average molecular weight is 279 g/mol. The third-order valence-corrected chi connectivity index (χ3v) is 3.42. The molecule has 1 aliphatic heterocycles. The van der Waals surface area contributed by atoms with E-state index in [9.17, 15) is 0 Å². The zero-order valence-corrected chi connectivity index (χ0v) is 12.2. The number of hydrogen-bond acceptors (Lipinski definition) is 4. The first-order chi connectivity index (χ1) is 9.08. The summed E-state index contributed by atoms with van der Waals surface area (Å²) in [6, 6.07) is 5.53. The lowest BCUT2D eigenvalue weighted by molar-refractivity contribution is 0.231. The number of nitrogens with zero attached hydrogens (tertiary/aromatic N) is 4. The SMILES string of the molecule is CC(C)CN1CCN(c2cc(C#N)cc(Cl)n2)CC1. The smallest absolute Gasteiger partial charge is 0.132 e. The number of nitriles is 1. The molecule has 0 atom stereocenters. The first kappa shape index (κ1) is 14.1. The molecule has 19 heavy (non-hydrogen) atoms. The number of aromatic nitrogens is 1. The van der Waals surface area contributed by atoms with Crippen molar-refractivity contribution in [2.75, 3.05) is 37.6 Å². The second-order valence-corrected chi connectivity index (χ2v) is 5.72. The van der Waals surface area contributed by atoms with Crippen LogP contribution in [0.3, 0.4) is 0 Å². The normalized spacial score (nSPS) is 16.7. The Morgan fingerprint density at radius 1 is 1.32 bits per heavy atom. The molecule has 1 fully saturated rings. The Hall–Kier alpha value is -1.31. The number of rotatable bonds is 3. The molecule has 1 aliphatic rings. The molecular weight excluding hydrogens is 260 g/mol. The van der Waals surface area contributed by atoms with Crippen LogP contribution in [-0.4, -0.2) is 42.6 Å². The quantitative estimate of drug-likeness (QED) is 0.797. The predicted molar refractivity (Wildman–Crippen MR) is 77.5 cm³/mol. The van der Waals surface area contributed by atoms with E-state index in [4.69, 9.17) is 16.9 Å². The van der Waals surface area contributed by atoms with Crippen molar-refractivity contribution in [3.8, 4) is 6.07 Å². The summed E-state index contributed by atoms with van der Waals surface area (Å²) in [4.78, 5) is 8.98. The third-order valence-electron chi connectivity index (χ3n) is 3.23. The summed E-state index contributed by atoms with van der Waals surface area (Å²) >= 11 is 5.95. The summed E-state index contributed by atoms with van der Waals surface area (Å²) in [6.45, 7) is 9.56. The van der Waals surface area contributed by atoms with Gasteiger partial charge in [0.15, 0.2) is 0 Å². The van der Waals surface area contributed by atoms with Gasteiger partial charge in [-0.1, -0.05) is 25.4 Å². The van der Waals surface area contributed by atoms with E-state index in [1.807, 2.05) is 6.07 Å². The zero-order chi connectivity index (χ0) is 13.8. The molecule has 0 aliphatic carbocycles. The van der Waals surface area contributed by atoms with E-state index < -0.39 is 0 Å². The molecule has 0 bridgehead atoms. The van der Waals surface area contributed by atoms with Gasteiger partial charge in [-0.2, -0.15) is 5.26 Å². The molecule has 5 heteroatoms. The highest BCUT2D eigenvalue weighted by molar-refractivity contribution is 6.29. The van der Waals surface area contributed by atoms with Gasteiger partial charge in [-0.15, -0.1) is 0 Å². The highest BCUT2D eigenvalue weighted by Gasteiger charge is 2.19. The molecule has 0 radical (unpaired) electrons. The van der Waals surface area contributed by atoms with Gasteiger partial charge in [0.1, 0.15) is 11.0 Å². The van der Waals surface area contributed by atoms with Crippen LogP contribution in [0.1, 0.15) is 19.4 Å². The summed E-state index contributed by atoms with van der Waals surface area (Å²) in [5, 5.41) is 9.35. The predicted octanol–water partition coefficient (Wildman–Crippen LogP) is 2.38. The Morgan fingerprint density at radius 3 is 2.58 bits per heavy atom. The van der Waals surface area contributed by atoms with E-state index in [1.54, 1.807) is 6.07 Å². The zero-order valence-electron chi connectivity index (χ0n) is 11.4. The Bertz CT molecular complexity index is 473. The largest absolute Gasteiger partial charge is 0.354 e. The molecule has 0 unspecified atom stereocenters. The minimum Gasteiger partial charge on any atom is -0.354 e. The number of piperazine rings is 1. The van der Waals surface area contributed by atoms with Crippen molar-refractivity contribution in [3.05, 3.63) is 22.8 Å². The van der Waals surface area contributed by atoms with Crippen molar-refractivity contribution in [1.29, 1.82) is 5.26 Å². The molecule has 4 nitrogen and oxygen atoms in total. The van der Waals surface area contributed by atoms with E-state index in [0.717, 1.165) is 38.5 Å². The van der Waals surface area contributed by atoms with E-state index in [0.29, 0.717) is 16.6 Å². The van der Waals surface area contributed by atoms with E-state index in [1.165, 1.54) is 0 Å². The van der Waals surface area contributed by atoms with Crippen molar-refractivity contribution < 1.29 is 0 Å². The van der Waals surface area contributed by atoms with Crippen LogP contribution >= 0.6 is 11.6 Å². The molecule has 0 N–H and O–H groups in total. The first-order valence-corrected chi connectivity index (χ1v) is 7.01. The minimum atomic E-state index is 0.388. The Balaban J connectivity index is 2.02. The fraction of sp³-hybridized carbons (Fsp3) is 0.571. The standard InChI is InChI=1S/C14H19ClN4/c1-11(2)10-18-3-5-19(6-4-18)14-8-12(9-16)7-13(15)17-14/h7-8,11H,3-6,10H2,1-2H3. The summed E-state index contributed by atoms with van der Waals surface area (Å²) in [5.41, 5.74) is 0.569. The van der Waals surface area contributed by atoms with Crippen LogP contribution in [0.2, 0.25) is 5.15 Å². The summed E-state index contributed by atoms with van der Waals surface area (Å²) in [5.74, 6) is 1.51. The third kappa shape index (κ3) is 3.82. The fourth-order valence-electron chi connectivity index (χ4n) is 2.39. The van der Waals surface area contributed by atoms with Gasteiger partial charge in [0.25, 0.3) is 0 Å². The highest BCUT2D eigenvalue weighted by Crippen LogP contribution is 2.19. The maximum atomic E-state index is 8.96. The number of halogens is 1. The Morgan fingerprint density at radius 2 is 2.00 bits per heavy atom. The van der Waals surface area contributed by atoms with Gasteiger partial charge in [0.05, 0.1) is 11.6 Å². The van der Waals surface area contributed by atoms with E-state index in [-0.39, 0.29) is 0 Å². The van der Waals surface area contributed by atoms with E-state index >= 15 is 0 Å². The van der Waals surface area contributed by atoms with Crippen molar-refractivity contribution in [2.45, 2.75) is 13.8 Å². The Labute approximate surface area is 119 Å². The molecule has 0 saturated carbocycles. The lowest BCUT2D eigenvalue weighted by Gasteiger charge is -2.36. The van der Waals surface area contributed by atoms with Gasteiger partial charge in [-0.25, -0.2) is 4.98 Å². The van der Waals surface area contributed by atoms with Crippen LogP contribution in [0.25, 0.3) is 0 Å². The van der Waals surface area contributed by atoms with Crippen molar-refractivity contribution >= 4 is 17.4 Å². The van der Waals surface area contributed by atoms with Crippen LogP contribution < -0.4 is 4.90 Å². The van der Waals surface area contributed by atoms with Crippen LogP contribution in [0.4, 0.5) is 5.82 Å². The van der Waals surface area contributed by atoms with Crippen LogP contribution in [0.15, 0.2) is 12.1 Å².